The number of amides is 1. The number of carbonyl (C=O) groups is 3. The number of hydrogen-bond acceptors (Lipinski definition) is 10. The molecule has 136 valence electrons. The van der Waals surface area contributed by atoms with Crippen molar-refractivity contribution in [3.8, 4) is 0 Å². The predicted octanol–water partition coefficient (Wildman–Crippen LogP) is -3.22. The normalized spacial score (nSPS) is 37.4. The van der Waals surface area contributed by atoms with Gasteiger partial charge in [-0.1, -0.05) is 0 Å². The number of methoxy groups -OCH3 is 1. The van der Waals surface area contributed by atoms with Crippen molar-refractivity contribution in [3.05, 3.63) is 0 Å². The molecule has 11 heteroatoms. The molecule has 24 heavy (non-hydrogen) atoms. The molecule has 5 N–H and O–H groups in total. The smallest absolute Gasteiger partial charge is 0.329 e. The fourth-order valence-corrected chi connectivity index (χ4v) is 4.03. The van der Waals surface area contributed by atoms with Crippen molar-refractivity contribution in [2.45, 2.75) is 48.8 Å². The maximum atomic E-state index is 12.7. The summed E-state index contributed by atoms with van der Waals surface area (Å²) in [7, 11) is 1.15. The zero-order chi connectivity index (χ0) is 18.2. The van der Waals surface area contributed by atoms with Gasteiger partial charge in [0.2, 0.25) is 6.10 Å². The van der Waals surface area contributed by atoms with E-state index < -0.39 is 59.7 Å². The van der Waals surface area contributed by atoms with Gasteiger partial charge in [0.1, 0.15) is 35.8 Å². The van der Waals surface area contributed by atoms with E-state index in [2.05, 4.69) is 4.74 Å². The van der Waals surface area contributed by atoms with Gasteiger partial charge in [-0.25, -0.2) is 4.79 Å². The highest BCUT2D eigenvalue weighted by Crippen LogP contribution is 2.37. The third-order valence-corrected chi connectivity index (χ3v) is 5.28. The van der Waals surface area contributed by atoms with E-state index in [1.807, 2.05) is 0 Å². The quantitative estimate of drug-likeness (QED) is 0.375. The van der Waals surface area contributed by atoms with Crippen LogP contribution in [0.1, 0.15) is 6.92 Å². The van der Waals surface area contributed by atoms with E-state index in [1.165, 1.54) is 6.92 Å². The molecular formula is C13H20N2O8S. The summed E-state index contributed by atoms with van der Waals surface area (Å²) in [6, 6.07) is -2.09. The zero-order valence-corrected chi connectivity index (χ0v) is 13.9. The Bertz CT molecular complexity index is 530. The fourth-order valence-electron chi connectivity index (χ4n) is 2.58. The van der Waals surface area contributed by atoms with Gasteiger partial charge < -0.3 is 35.4 Å². The molecule has 2 fully saturated rings. The van der Waals surface area contributed by atoms with E-state index >= 15 is 0 Å². The number of carbonyl (C=O) groups excluding carboxylic acids is 3. The van der Waals surface area contributed by atoms with Gasteiger partial charge in [0.15, 0.2) is 0 Å². The molecule has 0 spiro atoms. The number of aliphatic hydroxyl groups excluding tert-OH is 3. The van der Waals surface area contributed by atoms with E-state index in [1.54, 1.807) is 0 Å². The SMILES string of the molecule is COC(=O)[C@@H]1CS[C@@H]2[C@H](O)[C@@H](O)[C@H](O)[C@H](OC(=O)[C@H](C)N)C(=O)N21. The van der Waals surface area contributed by atoms with Crippen LogP contribution in [0.4, 0.5) is 0 Å². The van der Waals surface area contributed by atoms with Crippen LogP contribution in [0.25, 0.3) is 0 Å². The molecule has 2 aliphatic rings. The minimum absolute atomic E-state index is 0.136. The highest BCUT2D eigenvalue weighted by Gasteiger charge is 2.55. The van der Waals surface area contributed by atoms with Crippen LogP contribution in [0, 0.1) is 0 Å². The molecule has 1 amide bonds. The molecule has 2 rings (SSSR count). The monoisotopic (exact) mass is 364 g/mol. The first kappa shape index (κ1) is 18.9. The maximum Gasteiger partial charge on any atom is 0.329 e. The van der Waals surface area contributed by atoms with E-state index in [9.17, 15) is 29.7 Å². The Labute approximate surface area is 141 Å². The lowest BCUT2D eigenvalue weighted by Gasteiger charge is -2.29. The summed E-state index contributed by atoms with van der Waals surface area (Å²) in [6.07, 6.45) is -6.94. The Kier molecular flexibility index (Phi) is 5.71. The second kappa shape index (κ2) is 7.23. The summed E-state index contributed by atoms with van der Waals surface area (Å²) in [4.78, 5) is 37.3. The minimum atomic E-state index is -1.86. The number of rotatable bonds is 3. The lowest BCUT2D eigenvalue weighted by atomic mass is 10.0. The highest BCUT2D eigenvalue weighted by atomic mass is 32.2. The first-order chi connectivity index (χ1) is 11.2. The lowest BCUT2D eigenvalue weighted by Crippen LogP contribution is -2.53. The van der Waals surface area contributed by atoms with E-state index in [0.29, 0.717) is 0 Å². The summed E-state index contributed by atoms with van der Waals surface area (Å²) in [5.74, 6) is -2.45. The van der Waals surface area contributed by atoms with Gasteiger partial charge in [-0.2, -0.15) is 0 Å². The Hall–Kier alpha value is -1.40. The second-order valence-electron chi connectivity index (χ2n) is 5.63. The Balaban J connectivity index is 2.37. The molecule has 0 saturated carbocycles. The Morgan fingerprint density at radius 2 is 1.92 bits per heavy atom. The Morgan fingerprint density at radius 3 is 2.46 bits per heavy atom. The van der Waals surface area contributed by atoms with Crippen molar-refractivity contribution < 1.29 is 39.2 Å². The lowest BCUT2D eigenvalue weighted by molar-refractivity contribution is -0.173. The predicted molar refractivity (Wildman–Crippen MR) is 80.4 cm³/mol. The molecule has 0 aromatic heterocycles. The van der Waals surface area contributed by atoms with E-state index in [-0.39, 0.29) is 5.75 Å². The third kappa shape index (κ3) is 3.22. The van der Waals surface area contributed by atoms with Gasteiger partial charge in [-0.3, -0.25) is 9.59 Å². The fraction of sp³-hybridized carbons (Fsp3) is 0.769. The van der Waals surface area contributed by atoms with Crippen LogP contribution in [-0.2, 0) is 23.9 Å². The molecule has 2 saturated heterocycles. The maximum absolute atomic E-state index is 12.7. The third-order valence-electron chi connectivity index (χ3n) is 3.92. The van der Waals surface area contributed by atoms with Crippen LogP contribution in [-0.4, -0.2) is 92.8 Å². The summed E-state index contributed by atoms with van der Waals surface area (Å²) in [5.41, 5.74) is 5.38. The molecule has 2 heterocycles. The second-order valence-corrected chi connectivity index (χ2v) is 6.78. The van der Waals surface area contributed by atoms with E-state index in [4.69, 9.17) is 10.5 Å². The molecule has 0 radical (unpaired) electrons. The largest absolute Gasteiger partial charge is 0.467 e. The van der Waals surface area contributed by atoms with E-state index in [0.717, 1.165) is 23.8 Å². The standard InChI is InChI=1S/C13H20N2O8S/c1-4(14)12(20)23-9-7(17)6(16)8(18)11-15(10(9)19)5(3-24-11)13(21)22-2/h4-9,11,16-18H,3,14H2,1-2H3/t4-,5-,6-,7-,8+,9-,11+/m0/s1. The van der Waals surface area contributed by atoms with Crippen molar-refractivity contribution in [3.63, 3.8) is 0 Å². The first-order valence-electron chi connectivity index (χ1n) is 7.22. The molecule has 0 aliphatic carbocycles. The summed E-state index contributed by atoms with van der Waals surface area (Å²) >= 11 is 1.05. The average Bonchev–Trinajstić information content (AvgIpc) is 2.98. The summed E-state index contributed by atoms with van der Waals surface area (Å²) in [6.45, 7) is 1.33. The van der Waals surface area contributed by atoms with Gasteiger partial charge in [0.05, 0.1) is 7.11 Å². The zero-order valence-electron chi connectivity index (χ0n) is 13.1. The van der Waals surface area contributed by atoms with Gasteiger partial charge >= 0.3 is 11.9 Å². The number of esters is 2. The molecule has 2 aliphatic heterocycles. The molecular weight excluding hydrogens is 344 g/mol. The topological polar surface area (TPSA) is 160 Å². The molecule has 0 aromatic carbocycles. The number of aliphatic hydroxyl groups is 3. The average molecular weight is 364 g/mol. The van der Waals surface area contributed by atoms with Crippen LogP contribution in [0.3, 0.4) is 0 Å². The van der Waals surface area contributed by atoms with Crippen LogP contribution in [0.2, 0.25) is 0 Å². The van der Waals surface area contributed by atoms with Crippen molar-refractivity contribution in [2.75, 3.05) is 12.9 Å². The molecule has 0 aromatic rings. The minimum Gasteiger partial charge on any atom is -0.467 e. The van der Waals surface area contributed by atoms with Crippen molar-refractivity contribution in [1.82, 2.24) is 4.90 Å². The number of nitrogens with two attached hydrogens (primary N) is 1. The number of hydrogen-bond donors (Lipinski definition) is 4. The van der Waals surface area contributed by atoms with Crippen molar-refractivity contribution in [2.24, 2.45) is 5.73 Å². The number of thioether (sulfide) groups is 1. The van der Waals surface area contributed by atoms with Crippen LogP contribution < -0.4 is 5.73 Å². The van der Waals surface area contributed by atoms with Crippen molar-refractivity contribution >= 4 is 29.6 Å². The molecule has 10 nitrogen and oxygen atoms in total. The summed E-state index contributed by atoms with van der Waals surface area (Å²) in [5, 5.41) is 29.4. The Morgan fingerprint density at radius 1 is 1.29 bits per heavy atom. The van der Waals surface area contributed by atoms with Crippen LogP contribution in [0.5, 0.6) is 0 Å². The van der Waals surface area contributed by atoms with Crippen molar-refractivity contribution in [1.29, 1.82) is 0 Å². The molecule has 0 bridgehead atoms. The number of fused-ring (bicyclic) bond motifs is 1. The van der Waals surface area contributed by atoms with Gasteiger partial charge in [0, 0.05) is 5.75 Å². The molecule has 7 atom stereocenters. The molecule has 0 unspecified atom stereocenters. The van der Waals surface area contributed by atoms with Gasteiger partial charge in [0.25, 0.3) is 5.91 Å². The van der Waals surface area contributed by atoms with Gasteiger partial charge in [-0.15, -0.1) is 11.8 Å². The van der Waals surface area contributed by atoms with Crippen LogP contribution >= 0.6 is 11.8 Å². The first-order valence-corrected chi connectivity index (χ1v) is 8.27. The van der Waals surface area contributed by atoms with Crippen LogP contribution in [0.15, 0.2) is 0 Å². The van der Waals surface area contributed by atoms with Gasteiger partial charge in [-0.05, 0) is 6.92 Å². The number of nitrogens with zero attached hydrogens (tertiary/aromatic N) is 1. The highest BCUT2D eigenvalue weighted by molar-refractivity contribution is 8.00. The summed E-state index contributed by atoms with van der Waals surface area (Å²) < 4.78 is 9.54. The number of ether oxygens (including phenoxy) is 2.